The summed E-state index contributed by atoms with van der Waals surface area (Å²) in [6.07, 6.45) is 0. The molecule has 0 saturated carbocycles. The zero-order valence-corrected chi connectivity index (χ0v) is 20.3. The van der Waals surface area contributed by atoms with Gasteiger partial charge in [-0.1, -0.05) is 48.0 Å². The van der Waals surface area contributed by atoms with Crippen LogP contribution in [0.2, 0.25) is 0 Å². The van der Waals surface area contributed by atoms with Gasteiger partial charge in [0.15, 0.2) is 0 Å². The van der Waals surface area contributed by atoms with Crippen molar-refractivity contribution in [2.24, 2.45) is 0 Å². The summed E-state index contributed by atoms with van der Waals surface area (Å²) in [6.45, 7) is 1.96. The third-order valence-electron chi connectivity index (χ3n) is 5.34. The second-order valence-corrected chi connectivity index (χ2v) is 9.15. The minimum absolute atomic E-state index is 0.122. The highest BCUT2D eigenvalue weighted by Crippen LogP contribution is 2.37. The van der Waals surface area contributed by atoms with Gasteiger partial charge in [-0.2, -0.15) is 0 Å². The molecule has 0 fully saturated rings. The van der Waals surface area contributed by atoms with Gasteiger partial charge in [-0.3, -0.25) is 9.59 Å². The van der Waals surface area contributed by atoms with Gasteiger partial charge >= 0.3 is 0 Å². The van der Waals surface area contributed by atoms with Gasteiger partial charge in [0.25, 0.3) is 5.91 Å². The van der Waals surface area contributed by atoms with Crippen LogP contribution >= 0.6 is 11.8 Å². The summed E-state index contributed by atoms with van der Waals surface area (Å²) in [6, 6.07) is 31.9. The fraction of sp³-hybridized carbons (Fsp3) is 0.103. The van der Waals surface area contributed by atoms with E-state index in [1.54, 1.807) is 13.2 Å². The van der Waals surface area contributed by atoms with Crippen molar-refractivity contribution in [3.63, 3.8) is 0 Å². The van der Waals surface area contributed by atoms with Crippen LogP contribution in [0.25, 0.3) is 0 Å². The molecule has 0 heterocycles. The highest BCUT2D eigenvalue weighted by Gasteiger charge is 2.22. The number of ether oxygens (including phenoxy) is 1. The monoisotopic (exact) mass is 482 g/mol. The number of thioether (sulfide) groups is 1. The van der Waals surface area contributed by atoms with Crippen LogP contribution in [0.4, 0.5) is 11.4 Å². The lowest BCUT2D eigenvalue weighted by Crippen LogP contribution is -2.19. The Hall–Kier alpha value is -4.03. The number of rotatable bonds is 8. The standard InChI is InChI=1S/C29H26N2O3S/c1-20-7-6-10-22(19-20)28(32)30-24-13-17-26(18-14-24)35-27(21-8-4-3-5-9-21)29(33)31-23-11-15-25(34-2)16-12-23/h3-19,27H,1-2H3,(H,30,32)(H,31,33). The molecule has 0 saturated heterocycles. The van der Waals surface area contributed by atoms with Gasteiger partial charge in [-0.15, -0.1) is 11.8 Å². The lowest BCUT2D eigenvalue weighted by molar-refractivity contribution is -0.115. The van der Waals surface area contributed by atoms with Crippen LogP contribution in [-0.4, -0.2) is 18.9 Å². The molecule has 0 aliphatic rings. The Morgan fingerprint density at radius 1 is 0.771 bits per heavy atom. The summed E-state index contributed by atoms with van der Waals surface area (Å²) < 4.78 is 5.19. The van der Waals surface area contributed by atoms with Crippen LogP contribution in [0.5, 0.6) is 5.75 Å². The Bertz CT molecular complexity index is 1290. The molecule has 176 valence electrons. The first-order chi connectivity index (χ1) is 17.0. The molecule has 0 aliphatic carbocycles. The molecule has 0 radical (unpaired) electrons. The molecule has 4 rings (SSSR count). The Balaban J connectivity index is 1.47. The highest BCUT2D eigenvalue weighted by molar-refractivity contribution is 8.00. The molecule has 6 heteroatoms. The van der Waals surface area contributed by atoms with Crippen molar-refractivity contribution >= 4 is 35.0 Å². The number of benzene rings is 4. The van der Waals surface area contributed by atoms with Crippen molar-refractivity contribution in [3.8, 4) is 5.75 Å². The van der Waals surface area contributed by atoms with Crippen LogP contribution in [0.15, 0.2) is 108 Å². The van der Waals surface area contributed by atoms with Crippen LogP contribution in [-0.2, 0) is 4.79 Å². The number of hydrogen-bond acceptors (Lipinski definition) is 4. The Kier molecular flexibility index (Phi) is 7.85. The van der Waals surface area contributed by atoms with E-state index in [-0.39, 0.29) is 11.8 Å². The molecule has 1 atom stereocenters. The lowest BCUT2D eigenvalue weighted by Gasteiger charge is -2.17. The van der Waals surface area contributed by atoms with Crippen LogP contribution in [0, 0.1) is 6.92 Å². The second kappa shape index (κ2) is 11.4. The predicted molar refractivity (Wildman–Crippen MR) is 142 cm³/mol. The maximum Gasteiger partial charge on any atom is 0.255 e. The summed E-state index contributed by atoms with van der Waals surface area (Å²) in [5, 5.41) is 5.47. The van der Waals surface area contributed by atoms with E-state index in [0.717, 1.165) is 21.8 Å². The maximum atomic E-state index is 13.2. The fourth-order valence-corrected chi connectivity index (χ4v) is 4.55. The zero-order valence-electron chi connectivity index (χ0n) is 19.5. The topological polar surface area (TPSA) is 67.4 Å². The molecule has 2 N–H and O–H groups in total. The van der Waals surface area contributed by atoms with Crippen LogP contribution < -0.4 is 15.4 Å². The first-order valence-electron chi connectivity index (χ1n) is 11.2. The van der Waals surface area contributed by atoms with Crippen molar-refractivity contribution in [2.75, 3.05) is 17.7 Å². The van der Waals surface area contributed by atoms with Crippen molar-refractivity contribution in [1.82, 2.24) is 0 Å². The first-order valence-corrected chi connectivity index (χ1v) is 12.0. The van der Waals surface area contributed by atoms with E-state index < -0.39 is 5.25 Å². The molecule has 1 unspecified atom stereocenters. The summed E-state index contributed by atoms with van der Waals surface area (Å²) in [5.41, 5.74) is 3.94. The molecular weight excluding hydrogens is 456 g/mol. The van der Waals surface area contributed by atoms with Gasteiger partial charge in [0.2, 0.25) is 5.91 Å². The van der Waals surface area contributed by atoms with Crippen molar-refractivity contribution in [1.29, 1.82) is 0 Å². The molecule has 0 bridgehead atoms. The van der Waals surface area contributed by atoms with Crippen LogP contribution in [0.1, 0.15) is 26.7 Å². The van der Waals surface area contributed by atoms with E-state index in [0.29, 0.717) is 16.9 Å². The Morgan fingerprint density at radius 3 is 2.09 bits per heavy atom. The Labute approximate surface area is 209 Å². The van der Waals surface area contributed by atoms with Crippen molar-refractivity contribution in [3.05, 3.63) is 120 Å². The number of anilines is 2. The van der Waals surface area contributed by atoms with Gasteiger partial charge in [-0.05, 0) is 73.2 Å². The molecule has 0 aliphatic heterocycles. The lowest BCUT2D eigenvalue weighted by atomic mass is 10.1. The zero-order chi connectivity index (χ0) is 24.6. The third kappa shape index (κ3) is 6.52. The van der Waals surface area contributed by atoms with E-state index in [1.807, 2.05) is 104 Å². The number of amides is 2. The molecule has 4 aromatic rings. The average molecular weight is 483 g/mol. The maximum absolute atomic E-state index is 13.2. The molecule has 5 nitrogen and oxygen atoms in total. The van der Waals surface area contributed by atoms with E-state index in [1.165, 1.54) is 11.8 Å². The molecule has 0 aromatic heterocycles. The molecule has 4 aromatic carbocycles. The third-order valence-corrected chi connectivity index (χ3v) is 6.61. The van der Waals surface area contributed by atoms with E-state index >= 15 is 0 Å². The van der Waals surface area contributed by atoms with E-state index in [9.17, 15) is 9.59 Å². The molecule has 0 spiro atoms. The summed E-state index contributed by atoms with van der Waals surface area (Å²) in [7, 11) is 1.61. The minimum atomic E-state index is -0.453. The number of nitrogens with one attached hydrogen (secondary N) is 2. The molecular formula is C29H26N2O3S. The summed E-state index contributed by atoms with van der Waals surface area (Å²) in [5.74, 6) is 0.449. The largest absolute Gasteiger partial charge is 0.497 e. The van der Waals surface area contributed by atoms with Crippen molar-refractivity contribution in [2.45, 2.75) is 17.1 Å². The van der Waals surface area contributed by atoms with Crippen molar-refractivity contribution < 1.29 is 14.3 Å². The smallest absolute Gasteiger partial charge is 0.255 e. The van der Waals surface area contributed by atoms with Crippen LogP contribution in [0.3, 0.4) is 0 Å². The first kappa shape index (κ1) is 24.1. The number of carbonyl (C=O) groups excluding carboxylic acids is 2. The number of methoxy groups -OCH3 is 1. The number of aryl methyl sites for hydroxylation is 1. The highest BCUT2D eigenvalue weighted by atomic mass is 32.2. The fourth-order valence-electron chi connectivity index (χ4n) is 3.53. The Morgan fingerprint density at radius 2 is 1.43 bits per heavy atom. The average Bonchev–Trinajstić information content (AvgIpc) is 2.89. The van der Waals surface area contributed by atoms with Gasteiger partial charge < -0.3 is 15.4 Å². The normalized spacial score (nSPS) is 11.4. The second-order valence-electron chi connectivity index (χ2n) is 7.97. The number of carbonyl (C=O) groups is 2. The predicted octanol–water partition coefficient (Wildman–Crippen LogP) is 6.73. The summed E-state index contributed by atoms with van der Waals surface area (Å²) >= 11 is 1.45. The van der Waals surface area contributed by atoms with E-state index in [4.69, 9.17) is 4.74 Å². The summed E-state index contributed by atoms with van der Waals surface area (Å²) in [4.78, 5) is 26.7. The SMILES string of the molecule is COc1ccc(NC(=O)C(Sc2ccc(NC(=O)c3cccc(C)c3)cc2)c2ccccc2)cc1. The van der Waals surface area contributed by atoms with Gasteiger partial charge in [0, 0.05) is 21.8 Å². The van der Waals surface area contributed by atoms with E-state index in [2.05, 4.69) is 10.6 Å². The van der Waals surface area contributed by atoms with Gasteiger partial charge in [0.1, 0.15) is 11.0 Å². The quantitative estimate of drug-likeness (QED) is 0.273. The number of hydrogen-bond donors (Lipinski definition) is 2. The molecule has 35 heavy (non-hydrogen) atoms. The minimum Gasteiger partial charge on any atom is -0.497 e. The van der Waals surface area contributed by atoms with Gasteiger partial charge in [0.05, 0.1) is 7.11 Å². The van der Waals surface area contributed by atoms with Gasteiger partial charge in [-0.25, -0.2) is 0 Å². The molecule has 2 amide bonds.